The van der Waals surface area contributed by atoms with Crippen molar-refractivity contribution in [1.29, 1.82) is 0 Å². The van der Waals surface area contributed by atoms with Crippen LogP contribution in [0.2, 0.25) is 0 Å². The summed E-state index contributed by atoms with van der Waals surface area (Å²) in [6.45, 7) is 5.22. The van der Waals surface area contributed by atoms with Crippen LogP contribution in [-0.2, 0) is 14.3 Å². The maximum Gasteiger partial charge on any atom is 0.310 e. The molecule has 128 valence electrons. The Balaban J connectivity index is 2.82. The summed E-state index contributed by atoms with van der Waals surface area (Å²) in [6, 6.07) is 5.83. The molecule has 0 aliphatic carbocycles. The standard InChI is InChI=1S/C17H24FNO4/c1-4-23-11-7-10-19(12-13(2)17(21)22-3)16(20)14-8-5-6-9-15(14)18/h5-6,8-9,13H,4,7,10-12H2,1-3H3. The number of hydrogen-bond donors (Lipinski definition) is 0. The SMILES string of the molecule is CCOCCCN(CC(C)C(=O)OC)C(=O)c1ccccc1F. The maximum absolute atomic E-state index is 13.8. The molecule has 0 saturated carbocycles. The maximum atomic E-state index is 13.8. The number of ether oxygens (including phenoxy) is 2. The second-order valence-corrected chi connectivity index (χ2v) is 5.21. The van der Waals surface area contributed by atoms with Crippen LogP contribution in [0.1, 0.15) is 30.6 Å². The third kappa shape index (κ3) is 5.98. The summed E-state index contributed by atoms with van der Waals surface area (Å²) in [5, 5.41) is 0. The van der Waals surface area contributed by atoms with E-state index in [-0.39, 0.29) is 12.1 Å². The van der Waals surface area contributed by atoms with Crippen LogP contribution in [0.15, 0.2) is 24.3 Å². The van der Waals surface area contributed by atoms with Crippen molar-refractivity contribution in [3.63, 3.8) is 0 Å². The second kappa shape index (κ2) is 9.94. The van der Waals surface area contributed by atoms with E-state index >= 15 is 0 Å². The minimum atomic E-state index is -0.571. The van der Waals surface area contributed by atoms with E-state index in [9.17, 15) is 14.0 Å². The number of carbonyl (C=O) groups excluding carboxylic acids is 2. The minimum absolute atomic E-state index is 0.000903. The second-order valence-electron chi connectivity index (χ2n) is 5.21. The van der Waals surface area contributed by atoms with E-state index in [1.807, 2.05) is 6.92 Å². The summed E-state index contributed by atoms with van der Waals surface area (Å²) >= 11 is 0. The lowest BCUT2D eigenvalue weighted by atomic mass is 10.1. The molecule has 1 rings (SSSR count). The largest absolute Gasteiger partial charge is 0.469 e. The van der Waals surface area contributed by atoms with Crippen molar-refractivity contribution in [2.45, 2.75) is 20.3 Å². The number of methoxy groups -OCH3 is 1. The number of carbonyl (C=O) groups is 2. The van der Waals surface area contributed by atoms with Crippen LogP contribution in [0.25, 0.3) is 0 Å². The lowest BCUT2D eigenvalue weighted by molar-refractivity contribution is -0.145. The predicted molar refractivity (Wildman–Crippen MR) is 84.6 cm³/mol. The molecule has 1 aromatic rings. The summed E-state index contributed by atoms with van der Waals surface area (Å²) in [7, 11) is 1.30. The fraction of sp³-hybridized carbons (Fsp3) is 0.529. The zero-order valence-corrected chi connectivity index (χ0v) is 13.9. The molecule has 23 heavy (non-hydrogen) atoms. The van der Waals surface area contributed by atoms with Gasteiger partial charge in [-0.25, -0.2) is 4.39 Å². The van der Waals surface area contributed by atoms with Gasteiger partial charge in [-0.1, -0.05) is 19.1 Å². The van der Waals surface area contributed by atoms with E-state index in [1.165, 1.54) is 30.2 Å². The minimum Gasteiger partial charge on any atom is -0.469 e. The quantitative estimate of drug-likeness (QED) is 0.517. The fourth-order valence-electron chi connectivity index (χ4n) is 2.19. The number of esters is 1. The van der Waals surface area contributed by atoms with E-state index in [4.69, 9.17) is 4.74 Å². The van der Waals surface area contributed by atoms with Gasteiger partial charge in [-0.05, 0) is 25.5 Å². The Morgan fingerprint density at radius 3 is 2.61 bits per heavy atom. The number of hydrogen-bond acceptors (Lipinski definition) is 4. The number of rotatable bonds is 9. The van der Waals surface area contributed by atoms with Crippen LogP contribution >= 0.6 is 0 Å². The van der Waals surface area contributed by atoms with Gasteiger partial charge >= 0.3 is 5.97 Å². The lowest BCUT2D eigenvalue weighted by Crippen LogP contribution is -2.38. The first-order chi connectivity index (χ1) is 11.0. The Morgan fingerprint density at radius 2 is 2.00 bits per heavy atom. The van der Waals surface area contributed by atoms with E-state index in [1.54, 1.807) is 13.0 Å². The summed E-state index contributed by atoms with van der Waals surface area (Å²) < 4.78 is 23.8. The van der Waals surface area contributed by atoms with Crippen molar-refractivity contribution in [2.75, 3.05) is 33.4 Å². The van der Waals surface area contributed by atoms with Gasteiger partial charge in [-0.15, -0.1) is 0 Å². The first-order valence-corrected chi connectivity index (χ1v) is 7.70. The van der Waals surface area contributed by atoms with Gasteiger partial charge in [-0.3, -0.25) is 9.59 Å². The van der Waals surface area contributed by atoms with Crippen molar-refractivity contribution < 1.29 is 23.5 Å². The highest BCUT2D eigenvalue weighted by molar-refractivity contribution is 5.94. The lowest BCUT2D eigenvalue weighted by Gasteiger charge is -2.25. The molecule has 5 nitrogen and oxygen atoms in total. The Kier molecular flexibility index (Phi) is 8.26. The smallest absolute Gasteiger partial charge is 0.310 e. The van der Waals surface area contributed by atoms with Gasteiger partial charge in [0, 0.05) is 26.3 Å². The van der Waals surface area contributed by atoms with Gasteiger partial charge in [0.15, 0.2) is 0 Å². The van der Waals surface area contributed by atoms with Crippen LogP contribution < -0.4 is 0 Å². The molecular formula is C17H24FNO4. The highest BCUT2D eigenvalue weighted by atomic mass is 19.1. The molecule has 1 aromatic carbocycles. The number of benzene rings is 1. The highest BCUT2D eigenvalue weighted by Gasteiger charge is 2.23. The average molecular weight is 325 g/mol. The van der Waals surface area contributed by atoms with Gasteiger partial charge in [0.25, 0.3) is 5.91 Å². The third-order valence-corrected chi connectivity index (χ3v) is 3.41. The molecular weight excluding hydrogens is 301 g/mol. The molecule has 0 heterocycles. The number of halogens is 1. The highest BCUT2D eigenvalue weighted by Crippen LogP contribution is 2.13. The predicted octanol–water partition coefficient (Wildman–Crippen LogP) is 2.50. The summed E-state index contributed by atoms with van der Waals surface area (Å²) in [4.78, 5) is 25.6. The molecule has 6 heteroatoms. The van der Waals surface area contributed by atoms with Gasteiger partial charge < -0.3 is 14.4 Å². The van der Waals surface area contributed by atoms with Crippen molar-refractivity contribution in [1.82, 2.24) is 4.90 Å². The van der Waals surface area contributed by atoms with Crippen molar-refractivity contribution in [2.24, 2.45) is 5.92 Å². The fourth-order valence-corrected chi connectivity index (χ4v) is 2.19. The molecule has 0 bridgehead atoms. The summed E-state index contributed by atoms with van der Waals surface area (Å²) in [5.74, 6) is -1.89. The Bertz CT molecular complexity index is 521. The molecule has 0 fully saturated rings. The van der Waals surface area contributed by atoms with E-state index in [0.717, 1.165) is 0 Å². The van der Waals surface area contributed by atoms with Gasteiger partial charge in [-0.2, -0.15) is 0 Å². The molecule has 0 saturated heterocycles. The molecule has 1 amide bonds. The Labute approximate surface area is 136 Å². The number of nitrogens with zero attached hydrogens (tertiary/aromatic N) is 1. The van der Waals surface area contributed by atoms with E-state index < -0.39 is 23.6 Å². The topological polar surface area (TPSA) is 55.8 Å². The Morgan fingerprint density at radius 1 is 1.30 bits per heavy atom. The molecule has 0 aliphatic heterocycles. The van der Waals surface area contributed by atoms with Crippen LogP contribution in [0, 0.1) is 11.7 Å². The molecule has 0 aliphatic rings. The molecule has 0 aromatic heterocycles. The van der Waals surface area contributed by atoms with Crippen LogP contribution in [0.5, 0.6) is 0 Å². The van der Waals surface area contributed by atoms with Crippen molar-refractivity contribution >= 4 is 11.9 Å². The number of amides is 1. The first kappa shape index (κ1) is 19.1. The van der Waals surface area contributed by atoms with E-state index in [2.05, 4.69) is 4.74 Å². The van der Waals surface area contributed by atoms with Gasteiger partial charge in [0.05, 0.1) is 18.6 Å². The van der Waals surface area contributed by atoms with Crippen molar-refractivity contribution in [3.8, 4) is 0 Å². The zero-order chi connectivity index (χ0) is 17.2. The van der Waals surface area contributed by atoms with Crippen LogP contribution in [-0.4, -0.2) is 50.2 Å². The summed E-state index contributed by atoms with van der Waals surface area (Å²) in [5.41, 5.74) is 0.000903. The molecule has 1 atom stereocenters. The van der Waals surface area contributed by atoms with Crippen molar-refractivity contribution in [3.05, 3.63) is 35.6 Å². The average Bonchev–Trinajstić information content (AvgIpc) is 2.56. The molecule has 0 N–H and O–H groups in total. The van der Waals surface area contributed by atoms with E-state index in [0.29, 0.717) is 26.2 Å². The normalized spacial score (nSPS) is 11.8. The zero-order valence-electron chi connectivity index (χ0n) is 13.9. The molecule has 0 spiro atoms. The molecule has 1 unspecified atom stereocenters. The van der Waals surface area contributed by atoms with Gasteiger partial charge in [0.2, 0.25) is 0 Å². The Hall–Kier alpha value is -1.95. The third-order valence-electron chi connectivity index (χ3n) is 3.41. The van der Waals surface area contributed by atoms with Crippen LogP contribution in [0.3, 0.4) is 0 Å². The monoisotopic (exact) mass is 325 g/mol. The first-order valence-electron chi connectivity index (χ1n) is 7.70. The van der Waals surface area contributed by atoms with Crippen LogP contribution in [0.4, 0.5) is 4.39 Å². The summed E-state index contributed by atoms with van der Waals surface area (Å²) in [6.07, 6.45) is 0.613. The van der Waals surface area contributed by atoms with Gasteiger partial charge in [0.1, 0.15) is 5.82 Å². The molecule has 0 radical (unpaired) electrons.